The number of aromatic amines is 1. The highest BCUT2D eigenvalue weighted by atomic mass is 31.3. The number of nitrogen functional groups attached to an aromatic ring is 1. The van der Waals surface area contributed by atoms with E-state index in [0.717, 1.165) is 0 Å². The molecule has 2 aromatic rings. The Kier molecular flexibility index (Phi) is 7.82. The highest BCUT2D eigenvalue weighted by Gasteiger charge is 2.48. The third-order valence-electron chi connectivity index (χ3n) is 4.36. The number of hydrogen-bond donors (Lipinski definition) is 6. The fourth-order valence-electron chi connectivity index (χ4n) is 2.96. The van der Waals surface area contributed by atoms with Gasteiger partial charge in [0.05, 0.1) is 12.9 Å². The third kappa shape index (κ3) is 5.98. The summed E-state index contributed by atoms with van der Waals surface area (Å²) in [4.78, 5) is 50.2. The number of nitrogens with zero attached hydrogens (tertiary/aromatic N) is 3. The number of rotatable bonds is 10. The summed E-state index contributed by atoms with van der Waals surface area (Å²) in [6.45, 7) is -0.894. The van der Waals surface area contributed by atoms with Gasteiger partial charge in [-0.2, -0.15) is 13.6 Å². The van der Waals surface area contributed by atoms with Gasteiger partial charge in [-0.15, -0.1) is 0 Å². The van der Waals surface area contributed by atoms with E-state index in [4.69, 9.17) is 20.1 Å². The Balaban J connectivity index is 1.75. The Morgan fingerprint density at radius 2 is 1.82 bits per heavy atom. The molecule has 0 aliphatic carbocycles. The van der Waals surface area contributed by atoms with E-state index in [1.54, 1.807) is 0 Å². The van der Waals surface area contributed by atoms with Gasteiger partial charge in [-0.25, -0.2) is 18.7 Å². The molecular weight excluding hydrogens is 531 g/mol. The smallest absolute Gasteiger partial charge is 0.387 e. The highest BCUT2D eigenvalue weighted by Crippen LogP contribution is 2.67. The lowest BCUT2D eigenvalue weighted by atomic mass is 10.1. The normalized spacial score (nSPS) is 28.4. The molecule has 0 bridgehead atoms. The van der Waals surface area contributed by atoms with Gasteiger partial charge in [-0.3, -0.25) is 23.4 Å². The van der Waals surface area contributed by atoms with Crippen LogP contribution in [0.2, 0.25) is 0 Å². The van der Waals surface area contributed by atoms with E-state index in [9.17, 15) is 33.4 Å². The first kappa shape index (κ1) is 27.0. The molecule has 22 heteroatoms. The van der Waals surface area contributed by atoms with E-state index in [-0.39, 0.29) is 17.1 Å². The van der Waals surface area contributed by atoms with Gasteiger partial charge in [0.1, 0.15) is 18.3 Å². The molecule has 0 saturated carbocycles. The molecule has 0 radical (unpaired) electrons. The van der Waals surface area contributed by atoms with Gasteiger partial charge in [-0.1, -0.05) is 0 Å². The zero-order valence-electron chi connectivity index (χ0n) is 17.2. The van der Waals surface area contributed by atoms with Crippen molar-refractivity contribution in [3.05, 3.63) is 16.7 Å². The summed E-state index contributed by atoms with van der Waals surface area (Å²) in [5, 5.41) is 10.5. The molecular formula is C12H20N5O14P3. The zero-order valence-corrected chi connectivity index (χ0v) is 19.9. The third-order valence-corrected chi connectivity index (χ3v) is 8.59. The van der Waals surface area contributed by atoms with E-state index < -0.39 is 60.2 Å². The van der Waals surface area contributed by atoms with Crippen LogP contribution in [-0.4, -0.2) is 78.4 Å². The molecule has 5 unspecified atom stereocenters. The number of anilines is 1. The second kappa shape index (κ2) is 9.83. The monoisotopic (exact) mass is 551 g/mol. The van der Waals surface area contributed by atoms with Crippen LogP contribution in [0.1, 0.15) is 6.23 Å². The van der Waals surface area contributed by atoms with Crippen LogP contribution in [0.4, 0.5) is 5.95 Å². The first-order chi connectivity index (χ1) is 15.7. The number of phosphoric acid groups is 3. The standard InChI is InChI=1S/C12H20N5O14P3/c1-26-8-7(18)5(3-28-33(22,23)31-34(24,25)30-32(20,21)27-2)29-11(8)17-4-14-6-9(17)15-12(13)16-10(6)19/h4-5,7-8,11,18H,3H2,1-2H3,(H,20,21)(H,22,23)(H,24,25)(H3,13,15,16,19)/t5?,7-,8-,11?/m1/s1. The quantitative estimate of drug-likeness (QED) is 0.193. The van der Waals surface area contributed by atoms with E-state index in [0.29, 0.717) is 7.11 Å². The summed E-state index contributed by atoms with van der Waals surface area (Å²) in [6.07, 6.45) is -3.99. The largest absolute Gasteiger partial charge is 0.490 e. The minimum Gasteiger partial charge on any atom is -0.387 e. The van der Waals surface area contributed by atoms with Crippen LogP contribution >= 0.6 is 23.5 Å². The molecule has 3 heterocycles. The number of hydrogen-bond acceptors (Lipinski definition) is 14. The summed E-state index contributed by atoms with van der Waals surface area (Å²) < 4.78 is 63.1. The van der Waals surface area contributed by atoms with Crippen LogP contribution < -0.4 is 11.3 Å². The Hall–Kier alpha value is -1.56. The number of nitrogens with two attached hydrogens (primary N) is 1. The van der Waals surface area contributed by atoms with Crippen molar-refractivity contribution >= 4 is 40.6 Å². The van der Waals surface area contributed by atoms with Crippen LogP contribution in [0.25, 0.3) is 11.2 Å². The SMILES string of the molecule is CO[C@H]1C(n2cnc3c(=O)[nH]c(N)nc32)OC(COP(=O)(O)OP(=O)(O)OP(=O)(O)OC)[C@H]1O. The second-order valence-electron chi connectivity index (χ2n) is 6.58. The molecule has 7 atom stereocenters. The average molecular weight is 551 g/mol. The molecule has 3 rings (SSSR count). The van der Waals surface area contributed by atoms with Crippen LogP contribution in [0.5, 0.6) is 0 Å². The van der Waals surface area contributed by atoms with E-state index in [2.05, 4.69) is 32.6 Å². The Bertz CT molecular complexity index is 1250. The number of aliphatic hydroxyl groups excluding tert-OH is 1. The number of imidazole rings is 1. The lowest BCUT2D eigenvalue weighted by Crippen LogP contribution is -2.35. The minimum absolute atomic E-state index is 0.0109. The lowest BCUT2D eigenvalue weighted by Gasteiger charge is -2.20. The van der Waals surface area contributed by atoms with Gasteiger partial charge in [-0.05, 0) is 0 Å². The van der Waals surface area contributed by atoms with Crippen molar-refractivity contribution in [1.82, 2.24) is 19.5 Å². The van der Waals surface area contributed by atoms with Crippen molar-refractivity contribution in [3.8, 4) is 0 Å². The van der Waals surface area contributed by atoms with Crippen molar-refractivity contribution in [2.75, 3.05) is 26.6 Å². The van der Waals surface area contributed by atoms with Crippen molar-refractivity contribution in [2.45, 2.75) is 24.5 Å². The lowest BCUT2D eigenvalue weighted by molar-refractivity contribution is -0.0577. The molecule has 0 aromatic carbocycles. The second-order valence-corrected chi connectivity index (χ2v) is 11.3. The summed E-state index contributed by atoms with van der Waals surface area (Å²) in [6, 6.07) is 0. The van der Waals surface area contributed by atoms with Gasteiger partial charge >= 0.3 is 23.5 Å². The van der Waals surface area contributed by atoms with E-state index in [1.165, 1.54) is 18.0 Å². The van der Waals surface area contributed by atoms with Crippen molar-refractivity contribution in [2.24, 2.45) is 0 Å². The number of aromatic nitrogens is 4. The van der Waals surface area contributed by atoms with Crippen molar-refractivity contribution < 1.29 is 60.6 Å². The first-order valence-corrected chi connectivity index (χ1v) is 13.4. The number of phosphoric ester groups is 2. The molecule has 1 aliphatic rings. The van der Waals surface area contributed by atoms with Gasteiger partial charge < -0.3 is 35.0 Å². The molecule has 0 spiro atoms. The Labute approximate surface area is 189 Å². The molecule has 2 aromatic heterocycles. The fraction of sp³-hybridized carbons (Fsp3) is 0.583. The molecule has 1 aliphatic heterocycles. The number of nitrogens with one attached hydrogen (secondary N) is 1. The molecule has 19 nitrogen and oxygen atoms in total. The summed E-state index contributed by atoms with van der Waals surface area (Å²) in [7, 11) is -14.2. The van der Waals surface area contributed by atoms with E-state index >= 15 is 0 Å². The average Bonchev–Trinajstić information content (AvgIpc) is 3.25. The molecule has 1 fully saturated rings. The number of aliphatic hydroxyl groups is 1. The maximum atomic E-state index is 12.0. The number of ether oxygens (including phenoxy) is 2. The molecule has 34 heavy (non-hydrogen) atoms. The maximum Gasteiger partial charge on any atom is 0.490 e. The van der Waals surface area contributed by atoms with Crippen LogP contribution in [0.15, 0.2) is 11.1 Å². The van der Waals surface area contributed by atoms with Gasteiger partial charge in [0.2, 0.25) is 5.95 Å². The van der Waals surface area contributed by atoms with Crippen LogP contribution in [0.3, 0.4) is 0 Å². The summed E-state index contributed by atoms with van der Waals surface area (Å²) in [5.41, 5.74) is 4.81. The zero-order chi connectivity index (χ0) is 25.5. The number of methoxy groups -OCH3 is 1. The molecule has 0 amide bonds. The first-order valence-electron chi connectivity index (χ1n) is 8.88. The van der Waals surface area contributed by atoms with Crippen molar-refractivity contribution in [3.63, 3.8) is 0 Å². The predicted octanol–water partition coefficient (Wildman–Crippen LogP) is -1.03. The van der Waals surface area contributed by atoms with E-state index in [1.807, 2.05) is 0 Å². The topological polar surface area (TPSA) is 277 Å². The summed E-state index contributed by atoms with van der Waals surface area (Å²) >= 11 is 0. The van der Waals surface area contributed by atoms with Gasteiger partial charge in [0, 0.05) is 14.2 Å². The fourth-order valence-corrected chi connectivity index (χ4v) is 6.23. The Morgan fingerprint density at radius 3 is 2.44 bits per heavy atom. The van der Waals surface area contributed by atoms with Crippen LogP contribution in [-0.2, 0) is 40.8 Å². The molecule has 7 N–H and O–H groups in total. The predicted molar refractivity (Wildman–Crippen MR) is 108 cm³/mol. The van der Waals surface area contributed by atoms with Gasteiger partial charge in [0.15, 0.2) is 17.4 Å². The van der Waals surface area contributed by atoms with Crippen LogP contribution in [0, 0.1) is 0 Å². The number of fused-ring (bicyclic) bond motifs is 1. The number of H-pyrrole nitrogens is 1. The highest BCUT2D eigenvalue weighted by molar-refractivity contribution is 7.66. The Morgan fingerprint density at radius 1 is 1.18 bits per heavy atom. The summed E-state index contributed by atoms with van der Waals surface area (Å²) in [5.74, 6) is -0.221. The van der Waals surface area contributed by atoms with Crippen molar-refractivity contribution in [1.29, 1.82) is 0 Å². The van der Waals surface area contributed by atoms with Gasteiger partial charge in [0.25, 0.3) is 5.56 Å². The maximum absolute atomic E-state index is 12.0. The molecule has 192 valence electrons. The minimum atomic E-state index is -5.60. The molecule has 1 saturated heterocycles.